The number of nitrogens with one attached hydrogen (secondary N) is 2. The molecule has 2 N–H and O–H groups in total. The van der Waals surface area contributed by atoms with E-state index in [0.29, 0.717) is 25.6 Å². The predicted octanol–water partition coefficient (Wildman–Crippen LogP) is -0.0144. The van der Waals surface area contributed by atoms with Crippen LogP contribution in [0.15, 0.2) is 0 Å². The molecule has 0 rings (SSSR count). The van der Waals surface area contributed by atoms with Crippen LogP contribution >= 0.6 is 0 Å². The lowest BCUT2D eigenvalue weighted by Gasteiger charge is -2.17. The second kappa shape index (κ2) is 10.8. The van der Waals surface area contributed by atoms with E-state index >= 15 is 0 Å². The van der Waals surface area contributed by atoms with E-state index in [1.165, 1.54) is 4.90 Å². The highest BCUT2D eigenvalue weighted by molar-refractivity contribution is 5.84. The summed E-state index contributed by atoms with van der Waals surface area (Å²) in [6.07, 6.45) is 1.24. The molecule has 19 heavy (non-hydrogen) atoms. The molecule has 0 heterocycles. The molecule has 0 aromatic carbocycles. The Bertz CT molecular complexity index is 270. The van der Waals surface area contributed by atoms with Crippen molar-refractivity contribution in [3.05, 3.63) is 0 Å². The quantitative estimate of drug-likeness (QED) is 0.549. The summed E-state index contributed by atoms with van der Waals surface area (Å²) in [7, 11) is 3.22. The minimum absolute atomic E-state index is 0.00699. The van der Waals surface area contributed by atoms with Gasteiger partial charge >= 0.3 is 0 Å². The summed E-state index contributed by atoms with van der Waals surface area (Å²) in [5, 5.41) is 5.93. The van der Waals surface area contributed by atoms with Gasteiger partial charge in [0, 0.05) is 33.2 Å². The molecule has 0 aromatic rings. The van der Waals surface area contributed by atoms with Crippen LogP contribution in [0.25, 0.3) is 0 Å². The number of hydrogen-bond donors (Lipinski definition) is 2. The lowest BCUT2D eigenvalue weighted by Crippen LogP contribution is -2.39. The van der Waals surface area contributed by atoms with Crippen LogP contribution in [0.2, 0.25) is 0 Å². The molecule has 6 nitrogen and oxygen atoms in total. The Balaban J connectivity index is 3.71. The van der Waals surface area contributed by atoms with Crippen molar-refractivity contribution < 1.29 is 14.3 Å². The van der Waals surface area contributed by atoms with Crippen molar-refractivity contribution in [2.24, 2.45) is 0 Å². The summed E-state index contributed by atoms with van der Waals surface area (Å²) in [5.74, 6) is -0.166. The molecule has 0 radical (unpaired) electrons. The number of likely N-dealkylation sites (N-methyl/N-ethyl adjacent to an activating group) is 1. The number of ether oxygens (including phenoxy) is 1. The third-order valence-corrected chi connectivity index (χ3v) is 2.55. The first kappa shape index (κ1) is 17.9. The molecule has 0 bridgehead atoms. The molecule has 0 saturated carbocycles. The normalized spacial score (nSPS) is 10.6. The second-order valence-electron chi connectivity index (χ2n) is 4.80. The average Bonchev–Trinajstić information content (AvgIpc) is 2.34. The Morgan fingerprint density at radius 3 is 2.53 bits per heavy atom. The van der Waals surface area contributed by atoms with Gasteiger partial charge in [-0.05, 0) is 13.0 Å². The smallest absolute Gasteiger partial charge is 0.239 e. The summed E-state index contributed by atoms with van der Waals surface area (Å²) >= 11 is 0. The van der Waals surface area contributed by atoms with Gasteiger partial charge in [0.1, 0.15) is 0 Å². The Morgan fingerprint density at radius 2 is 1.95 bits per heavy atom. The van der Waals surface area contributed by atoms with Gasteiger partial charge in [0.05, 0.1) is 13.2 Å². The van der Waals surface area contributed by atoms with Crippen molar-refractivity contribution in [3.63, 3.8) is 0 Å². The number of carbonyl (C=O) groups is 2. The lowest BCUT2D eigenvalue weighted by atomic mass is 10.2. The van der Waals surface area contributed by atoms with Crippen LogP contribution in [0.1, 0.15) is 26.7 Å². The fourth-order valence-electron chi connectivity index (χ4n) is 1.47. The molecule has 112 valence electrons. The molecule has 2 amide bonds. The van der Waals surface area contributed by atoms with Crippen LogP contribution in [0, 0.1) is 0 Å². The molecule has 0 atom stereocenters. The van der Waals surface area contributed by atoms with Crippen LogP contribution in [-0.2, 0) is 14.3 Å². The number of nitrogens with zero attached hydrogens (tertiary/aromatic N) is 1. The van der Waals surface area contributed by atoms with Gasteiger partial charge in [0.25, 0.3) is 0 Å². The number of hydrogen-bond acceptors (Lipinski definition) is 4. The van der Waals surface area contributed by atoms with E-state index in [1.807, 2.05) is 0 Å². The second-order valence-corrected chi connectivity index (χ2v) is 4.80. The monoisotopic (exact) mass is 273 g/mol. The van der Waals surface area contributed by atoms with Gasteiger partial charge in [-0.1, -0.05) is 13.8 Å². The summed E-state index contributed by atoms with van der Waals surface area (Å²) in [6, 6.07) is 0.430. The lowest BCUT2D eigenvalue weighted by molar-refractivity contribution is -0.134. The summed E-state index contributed by atoms with van der Waals surface area (Å²) in [4.78, 5) is 24.7. The molecule has 0 aliphatic carbocycles. The van der Waals surface area contributed by atoms with Gasteiger partial charge in [0.2, 0.25) is 11.8 Å². The van der Waals surface area contributed by atoms with Crippen molar-refractivity contribution >= 4 is 11.8 Å². The van der Waals surface area contributed by atoms with E-state index in [0.717, 1.165) is 13.0 Å². The standard InChI is InChI=1S/C13H27N3O3/c1-11(2)14-7-5-6-13(18)16(3)10-12(17)15-8-9-19-4/h11,14H,5-10H2,1-4H3,(H,15,17). The van der Waals surface area contributed by atoms with Gasteiger partial charge < -0.3 is 20.3 Å². The predicted molar refractivity (Wildman–Crippen MR) is 74.9 cm³/mol. The van der Waals surface area contributed by atoms with Crippen molar-refractivity contribution in [2.45, 2.75) is 32.7 Å². The molecule has 0 fully saturated rings. The molecule has 0 aromatic heterocycles. The third-order valence-electron chi connectivity index (χ3n) is 2.55. The summed E-state index contributed by atoms with van der Waals surface area (Å²) in [5.41, 5.74) is 0. The molecule has 6 heteroatoms. The van der Waals surface area contributed by atoms with Gasteiger partial charge in [-0.2, -0.15) is 0 Å². The Morgan fingerprint density at radius 1 is 1.26 bits per heavy atom. The Hall–Kier alpha value is -1.14. The zero-order valence-corrected chi connectivity index (χ0v) is 12.5. The van der Waals surface area contributed by atoms with Crippen LogP contribution < -0.4 is 10.6 Å². The fraction of sp³-hybridized carbons (Fsp3) is 0.846. The van der Waals surface area contributed by atoms with Gasteiger partial charge in [-0.25, -0.2) is 0 Å². The number of rotatable bonds is 10. The van der Waals surface area contributed by atoms with E-state index < -0.39 is 0 Å². The van der Waals surface area contributed by atoms with E-state index in [9.17, 15) is 9.59 Å². The van der Waals surface area contributed by atoms with Crippen molar-refractivity contribution in [1.82, 2.24) is 15.5 Å². The first-order valence-electron chi connectivity index (χ1n) is 6.70. The van der Waals surface area contributed by atoms with Gasteiger partial charge in [-0.15, -0.1) is 0 Å². The molecule has 0 unspecified atom stereocenters. The highest BCUT2D eigenvalue weighted by atomic mass is 16.5. The Labute approximate surface area is 115 Å². The largest absolute Gasteiger partial charge is 0.383 e. The van der Waals surface area contributed by atoms with Crippen LogP contribution in [-0.4, -0.2) is 63.2 Å². The van der Waals surface area contributed by atoms with E-state index in [1.54, 1.807) is 14.2 Å². The van der Waals surface area contributed by atoms with Crippen molar-refractivity contribution in [3.8, 4) is 0 Å². The number of methoxy groups -OCH3 is 1. The first-order chi connectivity index (χ1) is 8.97. The first-order valence-corrected chi connectivity index (χ1v) is 6.70. The van der Waals surface area contributed by atoms with Gasteiger partial charge in [0.15, 0.2) is 0 Å². The highest BCUT2D eigenvalue weighted by Crippen LogP contribution is 1.95. The fourth-order valence-corrected chi connectivity index (χ4v) is 1.47. The molecule has 0 aliphatic heterocycles. The van der Waals surface area contributed by atoms with Gasteiger partial charge in [-0.3, -0.25) is 9.59 Å². The SMILES string of the molecule is COCCNC(=O)CN(C)C(=O)CCCNC(C)C. The molecule has 0 aliphatic rings. The summed E-state index contributed by atoms with van der Waals surface area (Å²) < 4.78 is 4.83. The molecular weight excluding hydrogens is 246 g/mol. The average molecular weight is 273 g/mol. The molecule has 0 saturated heterocycles. The maximum absolute atomic E-state index is 11.7. The zero-order chi connectivity index (χ0) is 14.7. The maximum Gasteiger partial charge on any atom is 0.239 e. The molecule has 0 spiro atoms. The Kier molecular flexibility index (Phi) is 10.1. The van der Waals surface area contributed by atoms with E-state index in [2.05, 4.69) is 24.5 Å². The highest BCUT2D eigenvalue weighted by Gasteiger charge is 2.12. The molecular formula is C13H27N3O3. The zero-order valence-electron chi connectivity index (χ0n) is 12.5. The van der Waals surface area contributed by atoms with Crippen LogP contribution in [0.5, 0.6) is 0 Å². The van der Waals surface area contributed by atoms with Crippen molar-refractivity contribution in [1.29, 1.82) is 0 Å². The number of amides is 2. The van der Waals surface area contributed by atoms with Crippen LogP contribution in [0.4, 0.5) is 0 Å². The van der Waals surface area contributed by atoms with Crippen molar-refractivity contribution in [2.75, 3.05) is 40.4 Å². The van der Waals surface area contributed by atoms with Crippen LogP contribution in [0.3, 0.4) is 0 Å². The van der Waals surface area contributed by atoms with E-state index in [-0.39, 0.29) is 18.4 Å². The maximum atomic E-state index is 11.7. The minimum atomic E-state index is -0.159. The summed E-state index contributed by atoms with van der Waals surface area (Å²) in [6.45, 7) is 5.99. The third kappa shape index (κ3) is 10.5. The topological polar surface area (TPSA) is 70.7 Å². The number of carbonyl (C=O) groups excluding carboxylic acids is 2. The van der Waals surface area contributed by atoms with E-state index in [4.69, 9.17) is 4.74 Å². The minimum Gasteiger partial charge on any atom is -0.383 e.